The number of hydrogen-bond donors (Lipinski definition) is 1. The van der Waals surface area contributed by atoms with Crippen molar-refractivity contribution in [2.45, 2.75) is 13.3 Å². The summed E-state index contributed by atoms with van der Waals surface area (Å²) in [5.74, 6) is 0.293. The standard InChI is InChI=1S/C21H26N2O2/c1-21(11-12-22(2)14-21)15-23(3)20(25)18-6-4-5-17(13-18)16-7-9-19(24)10-8-16/h4-10,13,24H,11-12,14-15H2,1-3H3/t21-/m1/s1. The topological polar surface area (TPSA) is 43.8 Å². The third kappa shape index (κ3) is 4.02. The van der Waals surface area contributed by atoms with E-state index in [1.54, 1.807) is 12.1 Å². The monoisotopic (exact) mass is 338 g/mol. The van der Waals surface area contributed by atoms with Crippen LogP contribution >= 0.6 is 0 Å². The Morgan fingerprint density at radius 1 is 1.20 bits per heavy atom. The number of carbonyl (C=O) groups excluding carboxylic acids is 1. The molecule has 132 valence electrons. The Bertz CT molecular complexity index is 757. The molecule has 0 unspecified atom stereocenters. The lowest BCUT2D eigenvalue weighted by atomic mass is 9.89. The summed E-state index contributed by atoms with van der Waals surface area (Å²) < 4.78 is 0. The molecule has 0 spiro atoms. The van der Waals surface area contributed by atoms with Crippen LogP contribution in [0.5, 0.6) is 5.75 Å². The number of carbonyl (C=O) groups is 1. The Morgan fingerprint density at radius 2 is 1.92 bits per heavy atom. The lowest BCUT2D eigenvalue weighted by Crippen LogP contribution is -2.38. The van der Waals surface area contributed by atoms with Gasteiger partial charge in [0.1, 0.15) is 5.75 Å². The van der Waals surface area contributed by atoms with E-state index in [1.165, 1.54) is 0 Å². The second-order valence-electron chi connectivity index (χ2n) is 7.59. The predicted molar refractivity (Wildman–Crippen MR) is 101 cm³/mol. The fourth-order valence-corrected chi connectivity index (χ4v) is 3.75. The highest BCUT2D eigenvalue weighted by molar-refractivity contribution is 5.95. The van der Waals surface area contributed by atoms with Crippen molar-refractivity contribution in [3.63, 3.8) is 0 Å². The van der Waals surface area contributed by atoms with Gasteiger partial charge >= 0.3 is 0 Å². The highest BCUT2D eigenvalue weighted by Crippen LogP contribution is 2.30. The molecule has 1 N–H and O–H groups in total. The molecule has 4 heteroatoms. The van der Waals surface area contributed by atoms with Crippen molar-refractivity contribution in [1.29, 1.82) is 0 Å². The van der Waals surface area contributed by atoms with Gasteiger partial charge in [-0.05, 0) is 60.8 Å². The van der Waals surface area contributed by atoms with E-state index in [-0.39, 0.29) is 17.1 Å². The van der Waals surface area contributed by atoms with E-state index in [4.69, 9.17) is 0 Å². The highest BCUT2D eigenvalue weighted by atomic mass is 16.3. The smallest absolute Gasteiger partial charge is 0.253 e. The lowest BCUT2D eigenvalue weighted by Gasteiger charge is -2.30. The first-order valence-electron chi connectivity index (χ1n) is 8.70. The predicted octanol–water partition coefficient (Wildman–Crippen LogP) is 3.47. The molecule has 3 rings (SSSR count). The van der Waals surface area contributed by atoms with Gasteiger partial charge in [0.2, 0.25) is 0 Å². The zero-order chi connectivity index (χ0) is 18.0. The fourth-order valence-electron chi connectivity index (χ4n) is 3.75. The van der Waals surface area contributed by atoms with Crippen molar-refractivity contribution < 1.29 is 9.90 Å². The second kappa shape index (κ2) is 6.89. The largest absolute Gasteiger partial charge is 0.508 e. The van der Waals surface area contributed by atoms with Crippen LogP contribution in [-0.2, 0) is 0 Å². The Labute approximate surface area is 149 Å². The summed E-state index contributed by atoms with van der Waals surface area (Å²) in [5, 5.41) is 9.43. The number of likely N-dealkylation sites (tertiary alicyclic amines) is 1. The zero-order valence-corrected chi connectivity index (χ0v) is 15.2. The first-order valence-corrected chi connectivity index (χ1v) is 8.70. The van der Waals surface area contributed by atoms with Crippen molar-refractivity contribution in [2.75, 3.05) is 33.7 Å². The van der Waals surface area contributed by atoms with E-state index in [0.717, 1.165) is 37.2 Å². The van der Waals surface area contributed by atoms with E-state index in [1.807, 2.05) is 48.3 Å². The number of phenolic OH excluding ortho intramolecular Hbond substituents is 1. The molecule has 1 saturated heterocycles. The van der Waals surface area contributed by atoms with Crippen LogP contribution in [-0.4, -0.2) is 54.5 Å². The highest BCUT2D eigenvalue weighted by Gasteiger charge is 2.34. The number of nitrogens with zero attached hydrogens (tertiary/aromatic N) is 2. The van der Waals surface area contributed by atoms with Crippen LogP contribution < -0.4 is 0 Å². The summed E-state index contributed by atoms with van der Waals surface area (Å²) in [6, 6.07) is 14.7. The molecule has 0 saturated carbocycles. The van der Waals surface area contributed by atoms with Gasteiger partial charge < -0.3 is 14.9 Å². The SMILES string of the molecule is CN1CC[C@@](C)(CN(C)C(=O)c2cccc(-c3ccc(O)cc3)c2)C1. The lowest BCUT2D eigenvalue weighted by molar-refractivity contribution is 0.0730. The van der Waals surface area contributed by atoms with Gasteiger partial charge in [0.05, 0.1) is 0 Å². The molecule has 1 fully saturated rings. The maximum absolute atomic E-state index is 12.9. The molecule has 1 heterocycles. The van der Waals surface area contributed by atoms with Gasteiger partial charge in [-0.2, -0.15) is 0 Å². The van der Waals surface area contributed by atoms with E-state index in [9.17, 15) is 9.90 Å². The average molecular weight is 338 g/mol. The van der Waals surface area contributed by atoms with E-state index in [0.29, 0.717) is 5.56 Å². The van der Waals surface area contributed by atoms with Crippen LogP contribution in [0.15, 0.2) is 48.5 Å². The summed E-state index contributed by atoms with van der Waals surface area (Å²) in [6.07, 6.45) is 1.12. The first kappa shape index (κ1) is 17.5. The number of rotatable bonds is 4. The Morgan fingerprint density at radius 3 is 2.56 bits per heavy atom. The number of amides is 1. The third-order valence-electron chi connectivity index (χ3n) is 5.02. The molecule has 0 bridgehead atoms. The number of phenols is 1. The van der Waals surface area contributed by atoms with Gasteiger partial charge in [-0.25, -0.2) is 0 Å². The number of hydrogen-bond acceptors (Lipinski definition) is 3. The summed E-state index contributed by atoms with van der Waals surface area (Å²) in [5.41, 5.74) is 2.82. The Hall–Kier alpha value is -2.33. The summed E-state index contributed by atoms with van der Waals surface area (Å²) in [6.45, 7) is 5.14. The summed E-state index contributed by atoms with van der Waals surface area (Å²) in [4.78, 5) is 17.0. The molecule has 4 nitrogen and oxygen atoms in total. The number of benzene rings is 2. The normalized spacial score (nSPS) is 20.6. The molecule has 0 aliphatic carbocycles. The molecule has 1 amide bonds. The quantitative estimate of drug-likeness (QED) is 0.928. The Kier molecular flexibility index (Phi) is 4.82. The van der Waals surface area contributed by atoms with E-state index >= 15 is 0 Å². The fraction of sp³-hybridized carbons (Fsp3) is 0.381. The van der Waals surface area contributed by atoms with E-state index < -0.39 is 0 Å². The zero-order valence-electron chi connectivity index (χ0n) is 15.2. The minimum Gasteiger partial charge on any atom is -0.508 e. The number of aromatic hydroxyl groups is 1. The molecule has 1 atom stereocenters. The van der Waals surface area contributed by atoms with Gasteiger partial charge in [0.15, 0.2) is 0 Å². The molecule has 2 aromatic rings. The molecule has 2 aromatic carbocycles. The maximum Gasteiger partial charge on any atom is 0.253 e. The van der Waals surface area contributed by atoms with Gasteiger partial charge in [0.25, 0.3) is 5.91 Å². The van der Waals surface area contributed by atoms with Crippen LogP contribution in [0.1, 0.15) is 23.7 Å². The van der Waals surface area contributed by atoms with Gasteiger partial charge in [-0.15, -0.1) is 0 Å². The van der Waals surface area contributed by atoms with Crippen molar-refractivity contribution in [2.24, 2.45) is 5.41 Å². The minimum absolute atomic E-state index is 0.0522. The van der Waals surface area contributed by atoms with Crippen molar-refractivity contribution >= 4 is 5.91 Å². The molecule has 25 heavy (non-hydrogen) atoms. The first-order chi connectivity index (χ1) is 11.9. The minimum atomic E-state index is 0.0522. The van der Waals surface area contributed by atoms with Gasteiger partial charge in [0, 0.05) is 25.7 Å². The van der Waals surface area contributed by atoms with Gasteiger partial charge in [-0.1, -0.05) is 31.2 Å². The molecule has 1 aliphatic rings. The van der Waals surface area contributed by atoms with Crippen LogP contribution in [0.2, 0.25) is 0 Å². The second-order valence-corrected chi connectivity index (χ2v) is 7.59. The van der Waals surface area contributed by atoms with Gasteiger partial charge in [-0.3, -0.25) is 4.79 Å². The molecular weight excluding hydrogens is 312 g/mol. The van der Waals surface area contributed by atoms with Crippen molar-refractivity contribution in [1.82, 2.24) is 9.80 Å². The summed E-state index contributed by atoms with van der Waals surface area (Å²) in [7, 11) is 4.02. The molecule has 0 radical (unpaired) electrons. The van der Waals surface area contributed by atoms with Crippen LogP contribution in [0.25, 0.3) is 11.1 Å². The Balaban J connectivity index is 1.76. The molecule has 0 aromatic heterocycles. The van der Waals surface area contributed by atoms with Crippen molar-refractivity contribution in [3.8, 4) is 16.9 Å². The molecule has 1 aliphatic heterocycles. The third-order valence-corrected chi connectivity index (χ3v) is 5.02. The van der Waals surface area contributed by atoms with Crippen LogP contribution in [0.3, 0.4) is 0 Å². The maximum atomic E-state index is 12.9. The summed E-state index contributed by atoms with van der Waals surface area (Å²) >= 11 is 0. The van der Waals surface area contributed by atoms with Crippen LogP contribution in [0, 0.1) is 5.41 Å². The van der Waals surface area contributed by atoms with Crippen LogP contribution in [0.4, 0.5) is 0 Å². The van der Waals surface area contributed by atoms with E-state index in [2.05, 4.69) is 18.9 Å². The van der Waals surface area contributed by atoms with Crippen molar-refractivity contribution in [3.05, 3.63) is 54.1 Å². The molecular formula is C21H26N2O2. The average Bonchev–Trinajstić information content (AvgIpc) is 2.93.